The van der Waals surface area contributed by atoms with E-state index in [1.807, 2.05) is 30.3 Å². The molecule has 2 aliphatic rings. The van der Waals surface area contributed by atoms with Gasteiger partial charge in [-0.2, -0.15) is 0 Å². The van der Waals surface area contributed by atoms with Gasteiger partial charge >= 0.3 is 0 Å². The van der Waals surface area contributed by atoms with E-state index in [1.165, 1.54) is 0 Å². The molecule has 4 aromatic rings. The van der Waals surface area contributed by atoms with Crippen molar-refractivity contribution in [2.75, 3.05) is 44.8 Å². The maximum absolute atomic E-state index is 13.1. The van der Waals surface area contributed by atoms with Crippen molar-refractivity contribution in [2.24, 2.45) is 0 Å². The highest BCUT2D eigenvalue weighted by molar-refractivity contribution is 9.10. The number of rotatable bonds is 8. The first-order chi connectivity index (χ1) is 19.0. The van der Waals surface area contributed by atoms with Crippen molar-refractivity contribution >= 4 is 32.7 Å². The Morgan fingerprint density at radius 3 is 3.03 bits per heavy atom. The van der Waals surface area contributed by atoms with Crippen molar-refractivity contribution in [3.05, 3.63) is 74.1 Å². The Balaban J connectivity index is 1.22. The van der Waals surface area contributed by atoms with E-state index in [4.69, 9.17) is 9.47 Å². The predicted molar refractivity (Wildman–Crippen MR) is 150 cm³/mol. The predicted octanol–water partition coefficient (Wildman–Crippen LogP) is 3.93. The third-order valence-electron chi connectivity index (χ3n) is 7.24. The summed E-state index contributed by atoms with van der Waals surface area (Å²) < 4.78 is 25.1. The zero-order valence-corrected chi connectivity index (χ0v) is 22.8. The molecular formula is C28H29BrFN5O4. The summed E-state index contributed by atoms with van der Waals surface area (Å²) in [6.07, 6.45) is 1.13. The SMILES string of the molecule is O=c1[nH]ccc(NC[C@H](O)c2ccc(Br)c3c2CCO3)c1-c1nc2ccc(CN3CCO[C@@H](CF)C3)cc2[nH]1. The third kappa shape index (κ3) is 5.31. The van der Waals surface area contributed by atoms with E-state index in [9.17, 15) is 14.3 Å². The molecule has 0 spiro atoms. The van der Waals surface area contributed by atoms with E-state index < -0.39 is 12.8 Å². The minimum Gasteiger partial charge on any atom is -0.492 e. The highest BCUT2D eigenvalue weighted by atomic mass is 79.9. The summed E-state index contributed by atoms with van der Waals surface area (Å²) in [6, 6.07) is 11.5. The second-order valence-corrected chi connectivity index (χ2v) is 10.7. The van der Waals surface area contributed by atoms with Crippen LogP contribution in [0.3, 0.4) is 0 Å². The summed E-state index contributed by atoms with van der Waals surface area (Å²) in [6.45, 7) is 2.79. The van der Waals surface area contributed by atoms with Gasteiger partial charge in [0, 0.05) is 44.4 Å². The number of aromatic amines is 2. The van der Waals surface area contributed by atoms with Crippen LogP contribution in [0.4, 0.5) is 10.1 Å². The van der Waals surface area contributed by atoms with Crippen LogP contribution in [-0.4, -0.2) is 70.6 Å². The quantitative estimate of drug-likeness (QED) is 0.243. The fourth-order valence-electron chi connectivity index (χ4n) is 5.32. The van der Waals surface area contributed by atoms with Crippen LogP contribution in [0.15, 0.2) is 51.9 Å². The van der Waals surface area contributed by atoms with Crippen LogP contribution in [0.1, 0.15) is 22.8 Å². The summed E-state index contributed by atoms with van der Waals surface area (Å²) in [5, 5.41) is 14.2. The molecule has 4 N–H and O–H groups in total. The highest BCUT2D eigenvalue weighted by Crippen LogP contribution is 2.38. The molecule has 0 amide bonds. The topological polar surface area (TPSA) is 116 Å². The summed E-state index contributed by atoms with van der Waals surface area (Å²) in [7, 11) is 0. The molecule has 4 heterocycles. The molecule has 2 atom stereocenters. The molecule has 11 heteroatoms. The Morgan fingerprint density at radius 1 is 1.26 bits per heavy atom. The van der Waals surface area contributed by atoms with E-state index in [2.05, 4.69) is 41.1 Å². The standard InChI is InChI=1S/C28H29BrFN5O4/c29-20-3-2-18(19-6-9-39-26(19)20)24(36)13-32-22-5-7-31-28(37)25(22)27-33-21-4-1-16(11-23(21)34-27)14-35-8-10-38-17(12-30)15-35/h1-5,7,11,17,24,36H,6,8-10,12-15H2,(H,33,34)(H2,31,32,37)/t17-,24-/m0/s1. The van der Waals surface area contributed by atoms with Crippen molar-refractivity contribution in [3.8, 4) is 17.1 Å². The van der Waals surface area contributed by atoms with Crippen LogP contribution in [0, 0.1) is 0 Å². The van der Waals surface area contributed by atoms with Gasteiger partial charge in [-0.25, -0.2) is 9.37 Å². The van der Waals surface area contributed by atoms with Gasteiger partial charge in [-0.1, -0.05) is 12.1 Å². The van der Waals surface area contributed by atoms with E-state index >= 15 is 0 Å². The van der Waals surface area contributed by atoms with Gasteiger partial charge in [-0.15, -0.1) is 0 Å². The number of aliphatic hydroxyl groups is 1. The molecule has 2 aromatic heterocycles. The van der Waals surface area contributed by atoms with Gasteiger partial charge in [-0.3, -0.25) is 9.69 Å². The zero-order chi connectivity index (χ0) is 26.9. The molecule has 0 unspecified atom stereocenters. The molecule has 0 bridgehead atoms. The summed E-state index contributed by atoms with van der Waals surface area (Å²) in [4.78, 5) is 25.8. The molecule has 0 saturated carbocycles. The maximum atomic E-state index is 13.1. The van der Waals surface area contributed by atoms with Gasteiger partial charge in [0.2, 0.25) is 0 Å². The number of nitrogens with one attached hydrogen (secondary N) is 3. The zero-order valence-electron chi connectivity index (χ0n) is 21.2. The normalized spacial score (nSPS) is 18.2. The van der Waals surface area contributed by atoms with Crippen LogP contribution in [0.25, 0.3) is 22.4 Å². The molecule has 0 aliphatic carbocycles. The Bertz CT molecular complexity index is 1560. The number of halogens is 2. The largest absolute Gasteiger partial charge is 0.492 e. The van der Waals surface area contributed by atoms with Gasteiger partial charge in [0.1, 0.15) is 23.8 Å². The third-order valence-corrected chi connectivity index (χ3v) is 7.86. The maximum Gasteiger partial charge on any atom is 0.261 e. The number of morpholine rings is 1. The number of H-pyrrole nitrogens is 2. The van der Waals surface area contributed by atoms with Gasteiger partial charge in [0.25, 0.3) is 5.56 Å². The molecule has 0 radical (unpaired) electrons. The Kier molecular flexibility index (Phi) is 7.39. The number of benzene rings is 2. The minimum absolute atomic E-state index is 0.203. The first kappa shape index (κ1) is 26.0. The minimum atomic E-state index is -0.795. The number of aromatic nitrogens is 3. The number of nitrogens with zero attached hydrogens (tertiary/aromatic N) is 2. The number of ether oxygens (including phenoxy) is 2. The van der Waals surface area contributed by atoms with Crippen LogP contribution < -0.4 is 15.6 Å². The number of anilines is 1. The molecule has 2 aromatic carbocycles. The summed E-state index contributed by atoms with van der Waals surface area (Å²) in [5.41, 5.74) is 5.03. The van der Waals surface area contributed by atoms with Gasteiger partial charge < -0.3 is 29.9 Å². The number of alkyl halides is 1. The number of hydrogen-bond donors (Lipinski definition) is 4. The Morgan fingerprint density at radius 2 is 2.15 bits per heavy atom. The smallest absolute Gasteiger partial charge is 0.261 e. The lowest BCUT2D eigenvalue weighted by molar-refractivity contribution is -0.0412. The molecule has 9 nitrogen and oxygen atoms in total. The number of imidazole rings is 1. The van der Waals surface area contributed by atoms with Gasteiger partial charge in [-0.05, 0) is 51.3 Å². The number of pyridine rings is 1. The second kappa shape index (κ2) is 11.1. The fourth-order valence-corrected chi connectivity index (χ4v) is 5.81. The number of fused-ring (bicyclic) bond motifs is 2. The lowest BCUT2D eigenvalue weighted by Crippen LogP contribution is -2.42. The summed E-state index contributed by atoms with van der Waals surface area (Å²) in [5.74, 6) is 1.21. The van der Waals surface area contributed by atoms with Crippen molar-refractivity contribution < 1.29 is 19.0 Å². The van der Waals surface area contributed by atoms with Crippen LogP contribution in [0.2, 0.25) is 0 Å². The van der Waals surface area contributed by atoms with Gasteiger partial charge in [0.05, 0.1) is 46.6 Å². The average molecular weight is 598 g/mol. The molecule has 2 aliphatic heterocycles. The Hall–Kier alpha value is -3.25. The first-order valence-corrected chi connectivity index (χ1v) is 13.8. The molecule has 1 saturated heterocycles. The number of aliphatic hydroxyl groups excluding tert-OH is 1. The van der Waals surface area contributed by atoms with Crippen molar-refractivity contribution in [3.63, 3.8) is 0 Å². The van der Waals surface area contributed by atoms with Crippen LogP contribution in [-0.2, 0) is 17.7 Å². The lowest BCUT2D eigenvalue weighted by atomic mass is 10.00. The van der Waals surface area contributed by atoms with Crippen LogP contribution in [0.5, 0.6) is 5.75 Å². The van der Waals surface area contributed by atoms with Crippen LogP contribution >= 0.6 is 15.9 Å². The van der Waals surface area contributed by atoms with E-state index in [1.54, 1.807) is 12.3 Å². The first-order valence-electron chi connectivity index (χ1n) is 13.0. The molecular weight excluding hydrogens is 569 g/mol. The van der Waals surface area contributed by atoms with Gasteiger partial charge in [0.15, 0.2) is 0 Å². The molecule has 39 heavy (non-hydrogen) atoms. The van der Waals surface area contributed by atoms with E-state index in [0.717, 1.165) is 50.9 Å². The van der Waals surface area contributed by atoms with Crippen molar-refractivity contribution in [2.45, 2.75) is 25.2 Å². The monoisotopic (exact) mass is 597 g/mol. The second-order valence-electron chi connectivity index (χ2n) is 9.85. The fraction of sp³-hybridized carbons (Fsp3) is 0.357. The highest BCUT2D eigenvalue weighted by Gasteiger charge is 2.24. The van der Waals surface area contributed by atoms with Crippen molar-refractivity contribution in [1.82, 2.24) is 19.9 Å². The molecule has 1 fully saturated rings. The Labute approximate surface area is 232 Å². The molecule has 6 rings (SSSR count). The number of hydrogen-bond acceptors (Lipinski definition) is 7. The summed E-state index contributed by atoms with van der Waals surface area (Å²) >= 11 is 3.51. The average Bonchev–Trinajstić information content (AvgIpc) is 3.60. The van der Waals surface area contributed by atoms with E-state index in [-0.39, 0.29) is 18.2 Å². The van der Waals surface area contributed by atoms with Crippen molar-refractivity contribution in [1.29, 1.82) is 0 Å². The lowest BCUT2D eigenvalue weighted by Gasteiger charge is -2.31. The molecule has 204 valence electrons. The van der Waals surface area contributed by atoms with E-state index in [0.29, 0.717) is 43.4 Å².